The van der Waals surface area contributed by atoms with E-state index in [0.717, 1.165) is 18.9 Å². The Morgan fingerprint density at radius 1 is 1.26 bits per heavy atom. The van der Waals surface area contributed by atoms with Gasteiger partial charge in [0, 0.05) is 18.9 Å². The van der Waals surface area contributed by atoms with Crippen LogP contribution in [0.1, 0.15) is 53.1 Å². The van der Waals surface area contributed by atoms with Gasteiger partial charge in [0.25, 0.3) is 10.0 Å². The molecular formula is C21H18ClFN2O5S. The molecule has 4 rings (SSSR count). The molecule has 0 heterocycles. The van der Waals surface area contributed by atoms with Gasteiger partial charge < -0.3 is 9.84 Å². The van der Waals surface area contributed by atoms with Crippen LogP contribution in [0, 0.1) is 11.3 Å². The lowest BCUT2D eigenvalue weighted by Crippen LogP contribution is -2.35. The van der Waals surface area contributed by atoms with E-state index in [2.05, 4.69) is 4.72 Å². The van der Waals surface area contributed by atoms with Gasteiger partial charge >= 0.3 is 5.97 Å². The Hall–Kier alpha value is -2.83. The van der Waals surface area contributed by atoms with E-state index >= 15 is 0 Å². The number of carboxylic acids is 1. The Balaban J connectivity index is 1.73. The molecule has 0 atom stereocenters. The maximum atomic E-state index is 13.3. The van der Waals surface area contributed by atoms with E-state index in [1.165, 1.54) is 24.3 Å². The van der Waals surface area contributed by atoms with Crippen molar-refractivity contribution < 1.29 is 27.4 Å². The van der Waals surface area contributed by atoms with Gasteiger partial charge in [0.15, 0.2) is 0 Å². The highest BCUT2D eigenvalue weighted by molar-refractivity contribution is 7.92. The van der Waals surface area contributed by atoms with E-state index < -0.39 is 28.3 Å². The number of rotatable bonds is 7. The number of sulfonamides is 1. The number of nitriles is 1. The van der Waals surface area contributed by atoms with Crippen LogP contribution in [-0.4, -0.2) is 31.8 Å². The zero-order chi connectivity index (χ0) is 22.3. The fourth-order valence-corrected chi connectivity index (χ4v) is 5.01. The van der Waals surface area contributed by atoms with Crippen molar-refractivity contribution in [2.75, 3.05) is 4.72 Å². The summed E-state index contributed by atoms with van der Waals surface area (Å²) in [5.41, 5.74) is 0.392. The van der Waals surface area contributed by atoms with Crippen LogP contribution in [0.25, 0.3) is 0 Å². The van der Waals surface area contributed by atoms with E-state index in [1.54, 1.807) is 0 Å². The van der Waals surface area contributed by atoms with Crippen molar-refractivity contribution in [2.24, 2.45) is 0 Å². The molecule has 0 bridgehead atoms. The van der Waals surface area contributed by atoms with Crippen molar-refractivity contribution in [1.29, 1.82) is 5.26 Å². The first kappa shape index (κ1) is 21.4. The van der Waals surface area contributed by atoms with Crippen LogP contribution in [0.5, 0.6) is 5.75 Å². The monoisotopic (exact) mass is 464 g/mol. The molecule has 10 heteroatoms. The van der Waals surface area contributed by atoms with Gasteiger partial charge in [-0.3, -0.25) is 4.72 Å². The van der Waals surface area contributed by atoms with E-state index in [4.69, 9.17) is 16.3 Å². The lowest BCUT2D eigenvalue weighted by Gasteiger charge is -2.31. The summed E-state index contributed by atoms with van der Waals surface area (Å²) in [6.07, 6.45) is 0.578. The van der Waals surface area contributed by atoms with Crippen molar-refractivity contribution in [3.8, 4) is 11.8 Å². The van der Waals surface area contributed by atoms with Gasteiger partial charge in [-0.1, -0.05) is 17.7 Å². The summed E-state index contributed by atoms with van der Waals surface area (Å²) in [6.45, 7) is 0. The van der Waals surface area contributed by atoms with Crippen molar-refractivity contribution in [1.82, 2.24) is 0 Å². The summed E-state index contributed by atoms with van der Waals surface area (Å²) in [4.78, 5) is 11.2. The highest BCUT2D eigenvalue weighted by Crippen LogP contribution is 2.44. The van der Waals surface area contributed by atoms with Crippen LogP contribution in [0.4, 0.5) is 10.1 Å². The maximum Gasteiger partial charge on any atom is 0.335 e. The second-order valence-corrected chi connectivity index (χ2v) is 9.74. The predicted molar refractivity (Wildman–Crippen MR) is 111 cm³/mol. The Labute approximate surface area is 183 Å². The highest BCUT2D eigenvalue weighted by Gasteiger charge is 2.34. The fourth-order valence-electron chi connectivity index (χ4n) is 3.43. The Bertz CT molecular complexity index is 1200. The number of halogens is 2. The molecule has 31 heavy (non-hydrogen) atoms. The number of ether oxygens (including phenoxy) is 1. The third kappa shape index (κ3) is 4.45. The van der Waals surface area contributed by atoms with Crippen LogP contribution in [0.2, 0.25) is 5.02 Å². The summed E-state index contributed by atoms with van der Waals surface area (Å²) in [7, 11) is -4.22. The molecule has 0 unspecified atom stereocenters. The van der Waals surface area contributed by atoms with Gasteiger partial charge in [-0.15, -0.1) is 0 Å². The molecular weight excluding hydrogens is 447 g/mol. The molecule has 2 aromatic carbocycles. The molecule has 0 amide bonds. The first-order valence-corrected chi connectivity index (χ1v) is 11.5. The van der Waals surface area contributed by atoms with E-state index in [0.29, 0.717) is 5.56 Å². The van der Waals surface area contributed by atoms with Crippen molar-refractivity contribution in [3.63, 3.8) is 0 Å². The van der Waals surface area contributed by atoms with Gasteiger partial charge in [0.05, 0.1) is 26.7 Å². The number of hydrogen-bond donors (Lipinski definition) is 2. The summed E-state index contributed by atoms with van der Waals surface area (Å²) in [5, 5.41) is 18.6. The van der Waals surface area contributed by atoms with Crippen LogP contribution in [0.3, 0.4) is 0 Å². The minimum atomic E-state index is -4.22. The number of alkyl halides is 1. The molecule has 7 nitrogen and oxygen atoms in total. The minimum Gasteiger partial charge on any atom is -0.488 e. The summed E-state index contributed by atoms with van der Waals surface area (Å²) >= 11 is 6.07. The van der Waals surface area contributed by atoms with E-state index in [-0.39, 0.29) is 51.2 Å². The quantitative estimate of drug-likeness (QED) is 0.624. The third-order valence-electron chi connectivity index (χ3n) is 5.33. The molecule has 2 aliphatic carbocycles. The molecule has 2 aliphatic rings. The van der Waals surface area contributed by atoms with Crippen molar-refractivity contribution >= 4 is 33.3 Å². The Kier molecular flexibility index (Phi) is 5.54. The number of aromatic carboxylic acids is 1. The van der Waals surface area contributed by atoms with Gasteiger partial charge in [0.2, 0.25) is 0 Å². The van der Waals surface area contributed by atoms with Gasteiger partial charge in [-0.25, -0.2) is 17.6 Å². The Morgan fingerprint density at radius 3 is 2.55 bits per heavy atom. The van der Waals surface area contributed by atoms with Gasteiger partial charge in [-0.05, 0) is 42.5 Å². The van der Waals surface area contributed by atoms with Crippen molar-refractivity contribution in [3.05, 3.63) is 52.0 Å². The van der Waals surface area contributed by atoms with E-state index in [9.17, 15) is 28.0 Å². The van der Waals surface area contributed by atoms with E-state index in [1.807, 2.05) is 6.07 Å². The Morgan fingerprint density at radius 2 is 1.97 bits per heavy atom. The highest BCUT2D eigenvalue weighted by atomic mass is 35.5. The van der Waals surface area contributed by atoms with Gasteiger partial charge in [0.1, 0.15) is 24.1 Å². The smallest absolute Gasteiger partial charge is 0.335 e. The maximum absolute atomic E-state index is 13.3. The molecule has 2 aromatic rings. The molecule has 2 saturated carbocycles. The molecule has 0 aliphatic heterocycles. The average Bonchev–Trinajstić information content (AvgIpc) is 3.53. The normalized spacial score (nSPS) is 20.4. The number of hydrogen-bond acceptors (Lipinski definition) is 5. The minimum absolute atomic E-state index is 0.0225. The summed E-state index contributed by atoms with van der Waals surface area (Å²) < 4.78 is 47.8. The molecule has 2 fully saturated rings. The molecule has 162 valence electrons. The SMILES string of the molecule is N#Cc1cc(NS(=O)(=O)c2cc(C(=O)O)ccc2C2CC2)c(O[C@H]2C[C@@H](F)C2)cc1Cl. The lowest BCUT2D eigenvalue weighted by atomic mass is 9.93. The molecule has 0 aromatic heterocycles. The van der Waals surface area contributed by atoms with Gasteiger partial charge in [-0.2, -0.15) is 5.26 Å². The molecule has 0 saturated heterocycles. The number of carboxylic acid groups (broad SMARTS) is 1. The standard InChI is InChI=1S/C21H18ClFN2O5S/c22-17-9-19(30-15-7-14(23)8-15)18(5-13(17)10-24)25-31(28,29)20-6-12(21(26)27)3-4-16(20)11-1-2-11/h3-6,9,11,14-15,25H,1-2,7-8H2,(H,26,27)/t14-,15+. The average molecular weight is 465 g/mol. The zero-order valence-electron chi connectivity index (χ0n) is 16.1. The summed E-state index contributed by atoms with van der Waals surface area (Å²) in [6, 6.07) is 8.47. The zero-order valence-corrected chi connectivity index (χ0v) is 17.7. The molecule has 0 spiro atoms. The molecule has 0 radical (unpaired) electrons. The topological polar surface area (TPSA) is 116 Å². The van der Waals surface area contributed by atoms with Crippen molar-refractivity contribution in [2.45, 2.75) is 48.8 Å². The number of carbonyl (C=O) groups is 1. The summed E-state index contributed by atoms with van der Waals surface area (Å²) in [5.74, 6) is -1.12. The largest absolute Gasteiger partial charge is 0.488 e. The second-order valence-electron chi connectivity index (χ2n) is 7.69. The van der Waals surface area contributed by atoms with Crippen LogP contribution in [-0.2, 0) is 10.0 Å². The fraction of sp³-hybridized carbons (Fsp3) is 0.333. The first-order chi connectivity index (χ1) is 14.7. The van der Waals surface area contributed by atoms with Crippen LogP contribution in [0.15, 0.2) is 35.2 Å². The number of anilines is 1. The number of benzene rings is 2. The van der Waals surface area contributed by atoms with Crippen LogP contribution < -0.4 is 9.46 Å². The predicted octanol–water partition coefficient (Wildman–Crippen LogP) is 4.47. The lowest BCUT2D eigenvalue weighted by molar-refractivity contribution is 0.0415. The third-order valence-corrected chi connectivity index (χ3v) is 7.07. The number of nitrogens with zero attached hydrogens (tertiary/aromatic N) is 1. The molecule has 2 N–H and O–H groups in total. The number of nitrogens with one attached hydrogen (secondary N) is 1. The first-order valence-electron chi connectivity index (χ1n) is 9.62. The van der Waals surface area contributed by atoms with Crippen LogP contribution >= 0.6 is 11.6 Å². The second kappa shape index (κ2) is 8.02.